The lowest BCUT2D eigenvalue weighted by molar-refractivity contribution is 0.244. The SMILES string of the molecule is NC(=S)c1ccc(N2CCCC(CCO)C2)cn1. The Balaban J connectivity index is 2.04. The number of piperidine rings is 1. The van der Waals surface area contributed by atoms with Gasteiger partial charge in [-0.05, 0) is 37.3 Å². The molecular weight excluding hydrogens is 246 g/mol. The number of nitrogens with zero attached hydrogens (tertiary/aromatic N) is 2. The topological polar surface area (TPSA) is 62.4 Å². The molecule has 3 N–H and O–H groups in total. The van der Waals surface area contributed by atoms with Crippen molar-refractivity contribution >= 4 is 22.9 Å². The number of thiocarbonyl (C=S) groups is 1. The van der Waals surface area contributed by atoms with Crippen LogP contribution in [0.5, 0.6) is 0 Å². The minimum Gasteiger partial charge on any atom is -0.396 e. The molecule has 1 aliphatic rings. The Morgan fingerprint density at radius 3 is 3.00 bits per heavy atom. The van der Waals surface area contributed by atoms with Gasteiger partial charge in [0.1, 0.15) is 4.99 Å². The maximum Gasteiger partial charge on any atom is 0.122 e. The van der Waals surface area contributed by atoms with Gasteiger partial charge in [-0.1, -0.05) is 12.2 Å². The zero-order chi connectivity index (χ0) is 13.0. The van der Waals surface area contributed by atoms with Crippen LogP contribution in [0.4, 0.5) is 5.69 Å². The number of hydrogen-bond donors (Lipinski definition) is 2. The van der Waals surface area contributed by atoms with Crippen LogP contribution in [0.1, 0.15) is 25.0 Å². The van der Waals surface area contributed by atoms with E-state index in [0.717, 1.165) is 25.2 Å². The first-order valence-electron chi connectivity index (χ1n) is 6.32. The van der Waals surface area contributed by atoms with Crippen LogP contribution < -0.4 is 10.6 Å². The number of rotatable bonds is 4. The van der Waals surface area contributed by atoms with Gasteiger partial charge in [-0.15, -0.1) is 0 Å². The minimum absolute atomic E-state index is 0.275. The lowest BCUT2D eigenvalue weighted by Crippen LogP contribution is -2.35. The summed E-state index contributed by atoms with van der Waals surface area (Å²) in [5.41, 5.74) is 7.30. The Morgan fingerprint density at radius 1 is 1.56 bits per heavy atom. The van der Waals surface area contributed by atoms with E-state index in [0.29, 0.717) is 16.6 Å². The Kier molecular flexibility index (Phi) is 4.49. The maximum atomic E-state index is 9.01. The van der Waals surface area contributed by atoms with Gasteiger partial charge in [-0.25, -0.2) is 0 Å². The van der Waals surface area contributed by atoms with E-state index in [1.807, 2.05) is 18.3 Å². The van der Waals surface area contributed by atoms with E-state index in [-0.39, 0.29) is 6.61 Å². The Hall–Kier alpha value is -1.20. The van der Waals surface area contributed by atoms with E-state index in [1.165, 1.54) is 12.8 Å². The summed E-state index contributed by atoms with van der Waals surface area (Å²) in [5, 5.41) is 9.01. The summed E-state index contributed by atoms with van der Waals surface area (Å²) in [6.45, 7) is 2.32. The number of pyridine rings is 1. The summed E-state index contributed by atoms with van der Waals surface area (Å²) in [5.74, 6) is 0.582. The Morgan fingerprint density at radius 2 is 2.39 bits per heavy atom. The van der Waals surface area contributed by atoms with Crippen molar-refractivity contribution < 1.29 is 5.11 Å². The van der Waals surface area contributed by atoms with E-state index in [1.54, 1.807) is 0 Å². The first kappa shape index (κ1) is 13.2. The van der Waals surface area contributed by atoms with Crippen LogP contribution in [0.15, 0.2) is 18.3 Å². The number of aliphatic hydroxyl groups is 1. The number of nitrogens with two attached hydrogens (primary N) is 1. The molecule has 18 heavy (non-hydrogen) atoms. The van der Waals surface area contributed by atoms with Crippen molar-refractivity contribution in [2.24, 2.45) is 11.7 Å². The van der Waals surface area contributed by atoms with Crippen LogP contribution in [-0.4, -0.2) is 34.8 Å². The van der Waals surface area contributed by atoms with E-state index in [9.17, 15) is 0 Å². The van der Waals surface area contributed by atoms with Gasteiger partial charge in [0, 0.05) is 19.7 Å². The van der Waals surface area contributed by atoms with Crippen LogP contribution in [0.3, 0.4) is 0 Å². The summed E-state index contributed by atoms with van der Waals surface area (Å²) in [7, 11) is 0. The molecule has 5 heteroatoms. The van der Waals surface area contributed by atoms with E-state index in [2.05, 4.69) is 9.88 Å². The summed E-state index contributed by atoms with van der Waals surface area (Å²) in [4.78, 5) is 6.92. The van der Waals surface area contributed by atoms with Crippen LogP contribution >= 0.6 is 12.2 Å². The third kappa shape index (κ3) is 3.17. The summed E-state index contributed by atoms with van der Waals surface area (Å²) >= 11 is 4.89. The molecule has 1 aromatic rings. The fourth-order valence-electron chi connectivity index (χ4n) is 2.44. The van der Waals surface area contributed by atoms with Gasteiger partial charge in [0.05, 0.1) is 17.6 Å². The normalized spacial score (nSPS) is 19.8. The Bertz CT molecular complexity index is 405. The highest BCUT2D eigenvalue weighted by molar-refractivity contribution is 7.80. The molecule has 2 rings (SSSR count). The molecular formula is C13H19N3OS. The minimum atomic E-state index is 0.275. The van der Waals surface area contributed by atoms with Crippen LogP contribution in [0.2, 0.25) is 0 Å². The third-order valence-electron chi connectivity index (χ3n) is 3.42. The predicted molar refractivity (Wildman–Crippen MR) is 76.8 cm³/mol. The van der Waals surface area contributed by atoms with Crippen molar-refractivity contribution in [2.75, 3.05) is 24.6 Å². The van der Waals surface area contributed by atoms with Crippen molar-refractivity contribution in [3.63, 3.8) is 0 Å². The molecule has 1 unspecified atom stereocenters. The highest BCUT2D eigenvalue weighted by atomic mass is 32.1. The highest BCUT2D eigenvalue weighted by Gasteiger charge is 2.19. The first-order valence-corrected chi connectivity index (χ1v) is 6.73. The number of aliphatic hydroxyl groups excluding tert-OH is 1. The van der Waals surface area contributed by atoms with E-state index < -0.39 is 0 Å². The molecule has 1 aliphatic heterocycles. The molecule has 0 aliphatic carbocycles. The predicted octanol–water partition coefficient (Wildman–Crippen LogP) is 1.31. The van der Waals surface area contributed by atoms with Gasteiger partial charge in [-0.2, -0.15) is 0 Å². The highest BCUT2D eigenvalue weighted by Crippen LogP contribution is 2.24. The fourth-order valence-corrected chi connectivity index (χ4v) is 2.56. The first-order chi connectivity index (χ1) is 8.70. The molecule has 0 bridgehead atoms. The molecule has 0 spiro atoms. The van der Waals surface area contributed by atoms with Crippen LogP contribution in [0, 0.1) is 5.92 Å². The van der Waals surface area contributed by atoms with Gasteiger partial charge < -0.3 is 15.7 Å². The second-order valence-electron chi connectivity index (χ2n) is 4.73. The molecule has 0 aromatic carbocycles. The molecule has 1 fully saturated rings. The summed E-state index contributed by atoms with van der Waals surface area (Å²) in [6.07, 6.45) is 5.09. The smallest absolute Gasteiger partial charge is 0.122 e. The monoisotopic (exact) mass is 265 g/mol. The Labute approximate surface area is 113 Å². The summed E-state index contributed by atoms with van der Waals surface area (Å²) < 4.78 is 0. The van der Waals surface area contributed by atoms with Crippen molar-refractivity contribution in [1.82, 2.24) is 4.98 Å². The largest absolute Gasteiger partial charge is 0.396 e. The molecule has 2 heterocycles. The standard InChI is InChI=1S/C13H19N3OS/c14-13(18)12-4-3-11(8-15-12)16-6-1-2-10(9-16)5-7-17/h3-4,8,10,17H,1-2,5-7,9H2,(H2,14,18). The zero-order valence-corrected chi connectivity index (χ0v) is 11.2. The zero-order valence-electron chi connectivity index (χ0n) is 10.4. The van der Waals surface area contributed by atoms with Crippen molar-refractivity contribution in [2.45, 2.75) is 19.3 Å². The molecule has 98 valence electrons. The lowest BCUT2D eigenvalue weighted by atomic mass is 9.95. The molecule has 0 amide bonds. The van der Waals surface area contributed by atoms with Gasteiger partial charge in [0.15, 0.2) is 0 Å². The maximum absolute atomic E-state index is 9.01. The average Bonchev–Trinajstić information content (AvgIpc) is 2.39. The van der Waals surface area contributed by atoms with Crippen molar-refractivity contribution in [3.05, 3.63) is 24.0 Å². The van der Waals surface area contributed by atoms with E-state index >= 15 is 0 Å². The van der Waals surface area contributed by atoms with Crippen molar-refractivity contribution in [1.29, 1.82) is 0 Å². The summed E-state index contributed by atoms with van der Waals surface area (Å²) in [6, 6.07) is 3.89. The third-order valence-corrected chi connectivity index (χ3v) is 3.63. The molecule has 1 saturated heterocycles. The molecule has 4 nitrogen and oxygen atoms in total. The number of hydrogen-bond acceptors (Lipinski definition) is 4. The van der Waals surface area contributed by atoms with Gasteiger partial charge in [0.25, 0.3) is 0 Å². The second kappa shape index (κ2) is 6.11. The van der Waals surface area contributed by atoms with E-state index in [4.69, 9.17) is 23.1 Å². The fraction of sp³-hybridized carbons (Fsp3) is 0.538. The van der Waals surface area contributed by atoms with Gasteiger partial charge in [0.2, 0.25) is 0 Å². The van der Waals surface area contributed by atoms with Crippen molar-refractivity contribution in [3.8, 4) is 0 Å². The quantitative estimate of drug-likeness (QED) is 0.804. The molecule has 1 aromatic heterocycles. The number of aromatic nitrogens is 1. The molecule has 1 atom stereocenters. The number of anilines is 1. The molecule has 0 saturated carbocycles. The molecule has 0 radical (unpaired) electrons. The average molecular weight is 265 g/mol. The van der Waals surface area contributed by atoms with Crippen LogP contribution in [-0.2, 0) is 0 Å². The lowest BCUT2D eigenvalue weighted by Gasteiger charge is -2.34. The van der Waals surface area contributed by atoms with Crippen LogP contribution in [0.25, 0.3) is 0 Å². The van der Waals surface area contributed by atoms with Gasteiger partial charge in [-0.3, -0.25) is 4.98 Å². The van der Waals surface area contributed by atoms with Gasteiger partial charge >= 0.3 is 0 Å². The second-order valence-corrected chi connectivity index (χ2v) is 5.17.